The summed E-state index contributed by atoms with van der Waals surface area (Å²) in [6.45, 7) is 1.73. The summed E-state index contributed by atoms with van der Waals surface area (Å²) < 4.78 is 28.4. The monoisotopic (exact) mass is 190 g/mol. The lowest BCUT2D eigenvalue weighted by Crippen LogP contribution is -2.11. The lowest BCUT2D eigenvalue weighted by Gasteiger charge is -2.01. The van der Waals surface area contributed by atoms with Gasteiger partial charge in [-0.05, 0) is 6.92 Å². The molecular weight excluding hydrogens is 180 g/mol. The molecule has 0 amide bonds. The third kappa shape index (κ3) is 1.64. The molecule has 0 spiro atoms. The summed E-state index contributed by atoms with van der Waals surface area (Å²) >= 11 is 0. The zero-order valence-corrected chi connectivity index (χ0v) is 7.71. The van der Waals surface area contributed by atoms with Crippen LogP contribution in [0.5, 0.6) is 0 Å². The topological polar surface area (TPSA) is 61.2 Å². The highest BCUT2D eigenvalue weighted by Crippen LogP contribution is 2.07. The molecule has 1 aromatic heterocycles. The van der Waals surface area contributed by atoms with E-state index in [2.05, 4.69) is 9.17 Å². The molecule has 1 heterocycles. The van der Waals surface area contributed by atoms with E-state index in [-0.39, 0.29) is 11.8 Å². The lowest BCUT2D eigenvalue weighted by molar-refractivity contribution is 0.332. The molecule has 0 saturated carbocycles. The minimum Gasteiger partial charge on any atom is -0.323 e. The van der Waals surface area contributed by atoms with Gasteiger partial charge < -0.3 is 4.57 Å². The average Bonchev–Trinajstić information content (AvgIpc) is 2.35. The van der Waals surface area contributed by atoms with Crippen LogP contribution in [0.25, 0.3) is 0 Å². The van der Waals surface area contributed by atoms with E-state index >= 15 is 0 Å². The Labute approximate surface area is 71.1 Å². The predicted molar refractivity (Wildman–Crippen MR) is 42.0 cm³/mol. The minimum absolute atomic E-state index is 0.0654. The van der Waals surface area contributed by atoms with Gasteiger partial charge in [0.2, 0.25) is 0 Å². The van der Waals surface area contributed by atoms with Crippen LogP contribution in [0.1, 0.15) is 6.92 Å². The molecule has 6 heteroatoms. The van der Waals surface area contributed by atoms with Gasteiger partial charge >= 0.3 is 10.1 Å². The molecular formula is C6H10N2O3S. The van der Waals surface area contributed by atoms with Crippen LogP contribution in [0.2, 0.25) is 0 Å². The highest BCUT2D eigenvalue weighted by atomic mass is 32.2. The Morgan fingerprint density at radius 1 is 1.67 bits per heavy atom. The van der Waals surface area contributed by atoms with E-state index < -0.39 is 10.1 Å². The van der Waals surface area contributed by atoms with Crippen LogP contribution >= 0.6 is 0 Å². The van der Waals surface area contributed by atoms with E-state index in [0.29, 0.717) is 0 Å². The first-order chi connectivity index (χ1) is 5.58. The molecule has 0 unspecified atom stereocenters. The van der Waals surface area contributed by atoms with Crippen molar-refractivity contribution < 1.29 is 12.6 Å². The zero-order chi connectivity index (χ0) is 9.19. The van der Waals surface area contributed by atoms with Gasteiger partial charge in [-0.1, -0.05) is 0 Å². The smallest absolute Gasteiger partial charge is 0.323 e. The molecule has 0 atom stereocenters. The third-order valence-electron chi connectivity index (χ3n) is 1.27. The fourth-order valence-corrected chi connectivity index (χ4v) is 1.82. The summed E-state index contributed by atoms with van der Waals surface area (Å²) in [5.74, 6) is 0. The van der Waals surface area contributed by atoms with Crippen LogP contribution in [0.3, 0.4) is 0 Å². The molecule has 0 bridgehead atoms. The normalized spacial score (nSPS) is 11.8. The second-order valence-corrected chi connectivity index (χ2v) is 3.69. The van der Waals surface area contributed by atoms with Crippen molar-refractivity contribution in [2.75, 3.05) is 6.61 Å². The van der Waals surface area contributed by atoms with Crippen molar-refractivity contribution in [1.82, 2.24) is 9.55 Å². The van der Waals surface area contributed by atoms with E-state index in [9.17, 15) is 8.42 Å². The van der Waals surface area contributed by atoms with Gasteiger partial charge in [-0.15, -0.1) is 0 Å². The maximum Gasteiger partial charge on any atom is 0.331 e. The number of nitrogens with zero attached hydrogens (tertiary/aromatic N) is 2. The van der Waals surface area contributed by atoms with Gasteiger partial charge in [-0.3, -0.25) is 4.18 Å². The summed E-state index contributed by atoms with van der Waals surface area (Å²) in [5.41, 5.74) is 0. The van der Waals surface area contributed by atoms with Gasteiger partial charge in [0.25, 0.3) is 5.16 Å². The molecule has 1 rings (SSSR count). The zero-order valence-electron chi connectivity index (χ0n) is 6.89. The van der Waals surface area contributed by atoms with Crippen LogP contribution in [0.4, 0.5) is 0 Å². The van der Waals surface area contributed by atoms with Crippen LogP contribution < -0.4 is 0 Å². The quantitative estimate of drug-likeness (QED) is 0.636. The Balaban J connectivity index is 3.06. The van der Waals surface area contributed by atoms with Crippen molar-refractivity contribution >= 4 is 10.1 Å². The van der Waals surface area contributed by atoms with Gasteiger partial charge in [0.15, 0.2) is 0 Å². The Morgan fingerprint density at radius 3 is 2.75 bits per heavy atom. The molecule has 0 radical (unpaired) electrons. The number of aromatic nitrogens is 2. The lowest BCUT2D eigenvalue weighted by atomic mass is 10.9. The molecule has 5 nitrogen and oxygen atoms in total. The second-order valence-electron chi connectivity index (χ2n) is 2.18. The van der Waals surface area contributed by atoms with E-state index in [1.165, 1.54) is 10.8 Å². The summed E-state index contributed by atoms with van der Waals surface area (Å²) in [6.07, 6.45) is 2.96. The molecule has 0 saturated heterocycles. The maximum absolute atomic E-state index is 11.2. The van der Waals surface area contributed by atoms with Gasteiger partial charge in [-0.25, -0.2) is 4.98 Å². The minimum atomic E-state index is -3.65. The van der Waals surface area contributed by atoms with E-state index in [4.69, 9.17) is 0 Å². The fourth-order valence-electron chi connectivity index (χ4n) is 0.801. The predicted octanol–water partition coefficient (Wildman–Crippen LogP) is 0.145. The molecule has 1 aromatic rings. The van der Waals surface area contributed by atoms with Gasteiger partial charge in [-0.2, -0.15) is 8.42 Å². The molecule has 68 valence electrons. The van der Waals surface area contributed by atoms with Crippen molar-refractivity contribution in [1.29, 1.82) is 0 Å². The SMILES string of the molecule is CCOS(=O)(=O)c1nccn1C. The molecule has 0 aliphatic carbocycles. The van der Waals surface area contributed by atoms with Gasteiger partial charge in [0.05, 0.1) is 6.61 Å². The Bertz CT molecular complexity index is 355. The average molecular weight is 190 g/mol. The van der Waals surface area contributed by atoms with Crippen LogP contribution in [-0.2, 0) is 21.3 Å². The number of hydrogen-bond donors (Lipinski definition) is 0. The molecule has 0 aliphatic heterocycles. The number of aryl methyl sites for hydroxylation is 1. The highest BCUT2D eigenvalue weighted by Gasteiger charge is 2.18. The molecule has 0 N–H and O–H groups in total. The first-order valence-corrected chi connectivity index (χ1v) is 4.85. The molecule has 0 aliphatic rings. The second kappa shape index (κ2) is 3.24. The van der Waals surface area contributed by atoms with Crippen molar-refractivity contribution in [3.8, 4) is 0 Å². The van der Waals surface area contributed by atoms with Gasteiger partial charge in [0, 0.05) is 19.4 Å². The van der Waals surface area contributed by atoms with Crippen molar-refractivity contribution in [3.63, 3.8) is 0 Å². The first-order valence-electron chi connectivity index (χ1n) is 3.44. The van der Waals surface area contributed by atoms with E-state index in [1.54, 1.807) is 20.2 Å². The van der Waals surface area contributed by atoms with Crippen LogP contribution in [0.15, 0.2) is 17.6 Å². The van der Waals surface area contributed by atoms with Crippen molar-refractivity contribution in [3.05, 3.63) is 12.4 Å². The third-order valence-corrected chi connectivity index (χ3v) is 2.66. The van der Waals surface area contributed by atoms with Crippen molar-refractivity contribution in [2.24, 2.45) is 7.05 Å². The van der Waals surface area contributed by atoms with Crippen LogP contribution in [-0.4, -0.2) is 24.6 Å². The van der Waals surface area contributed by atoms with Crippen molar-refractivity contribution in [2.45, 2.75) is 12.1 Å². The summed E-state index contributed by atoms with van der Waals surface area (Å²) in [4.78, 5) is 3.66. The molecule has 0 fully saturated rings. The largest absolute Gasteiger partial charge is 0.331 e. The Kier molecular flexibility index (Phi) is 2.49. The van der Waals surface area contributed by atoms with E-state index in [0.717, 1.165) is 0 Å². The first kappa shape index (κ1) is 9.21. The van der Waals surface area contributed by atoms with E-state index in [1.807, 2.05) is 0 Å². The summed E-state index contributed by atoms with van der Waals surface area (Å²) in [5, 5.41) is -0.0654. The van der Waals surface area contributed by atoms with Crippen LogP contribution in [0, 0.1) is 0 Å². The van der Waals surface area contributed by atoms with Gasteiger partial charge in [0.1, 0.15) is 0 Å². The maximum atomic E-state index is 11.2. The fraction of sp³-hybridized carbons (Fsp3) is 0.500. The summed E-state index contributed by atoms with van der Waals surface area (Å²) in [6, 6.07) is 0. The Morgan fingerprint density at radius 2 is 2.33 bits per heavy atom. The number of rotatable bonds is 3. The highest BCUT2D eigenvalue weighted by molar-refractivity contribution is 7.86. The molecule has 12 heavy (non-hydrogen) atoms. The summed E-state index contributed by atoms with van der Waals surface area (Å²) in [7, 11) is -2.05. The number of imidazole rings is 1. The standard InChI is InChI=1S/C6H10N2O3S/c1-3-11-12(9,10)6-7-4-5-8(6)2/h4-5H,3H2,1-2H3. The Hall–Kier alpha value is -0.880. The number of hydrogen-bond acceptors (Lipinski definition) is 4. The molecule has 0 aromatic carbocycles.